The van der Waals surface area contributed by atoms with Gasteiger partial charge in [-0.15, -0.1) is 0 Å². The molecule has 7 heteroatoms. The van der Waals surface area contributed by atoms with Crippen LogP contribution in [0.15, 0.2) is 0 Å². The topological polar surface area (TPSA) is 54.0 Å². The molecule has 0 unspecified atom stereocenters. The quantitative estimate of drug-likeness (QED) is 0.387. The zero-order valence-electron chi connectivity index (χ0n) is 7.69. The van der Waals surface area contributed by atoms with Gasteiger partial charge in [-0.05, 0) is 0 Å². The van der Waals surface area contributed by atoms with E-state index in [1.165, 1.54) is 0 Å². The van der Waals surface area contributed by atoms with Crippen molar-refractivity contribution < 1.29 is 23.1 Å². The molecule has 80 valence electrons. The van der Waals surface area contributed by atoms with E-state index in [4.69, 9.17) is 18.5 Å². The minimum atomic E-state index is -2.94. The van der Waals surface area contributed by atoms with Crippen LogP contribution in [-0.2, 0) is 23.1 Å². The number of halogens is 1. The largest absolute Gasteiger partial charge is 0.389 e. The summed E-state index contributed by atoms with van der Waals surface area (Å²) in [5, 5.41) is -2.94. The highest BCUT2D eigenvalue weighted by Crippen LogP contribution is 2.56. The SMILES string of the molecule is COCCOP(=O)(I)OCCOC. The van der Waals surface area contributed by atoms with Crippen LogP contribution in [0.1, 0.15) is 0 Å². The van der Waals surface area contributed by atoms with Crippen molar-refractivity contribution in [2.24, 2.45) is 0 Å². The van der Waals surface area contributed by atoms with E-state index >= 15 is 0 Å². The van der Waals surface area contributed by atoms with Gasteiger partial charge in [0.05, 0.1) is 48.5 Å². The third-order valence-electron chi connectivity index (χ3n) is 1.07. The molecule has 13 heavy (non-hydrogen) atoms. The van der Waals surface area contributed by atoms with Gasteiger partial charge < -0.3 is 9.47 Å². The molecule has 0 fully saturated rings. The van der Waals surface area contributed by atoms with Crippen LogP contribution in [0, 0.1) is 0 Å². The fourth-order valence-corrected chi connectivity index (χ4v) is 2.34. The van der Waals surface area contributed by atoms with Crippen molar-refractivity contribution in [3.8, 4) is 0 Å². The zero-order valence-corrected chi connectivity index (χ0v) is 10.7. The molecule has 0 bridgehead atoms. The molecule has 0 aromatic heterocycles. The molecule has 0 rings (SSSR count). The summed E-state index contributed by atoms with van der Waals surface area (Å²) < 4.78 is 30.8. The molecule has 0 saturated carbocycles. The van der Waals surface area contributed by atoms with E-state index in [-0.39, 0.29) is 13.2 Å². The van der Waals surface area contributed by atoms with Crippen LogP contribution in [0.4, 0.5) is 0 Å². The Kier molecular flexibility index (Phi) is 8.64. The fourth-order valence-electron chi connectivity index (χ4n) is 0.497. The predicted molar refractivity (Wildman–Crippen MR) is 57.3 cm³/mol. The Morgan fingerprint density at radius 3 is 1.69 bits per heavy atom. The molecule has 0 saturated heterocycles. The van der Waals surface area contributed by atoms with Gasteiger partial charge in [0.25, 0.3) is 0 Å². The molecule has 0 aromatic rings. The number of ether oxygens (including phenoxy) is 2. The Hall–Kier alpha value is 0.800. The average Bonchev–Trinajstić information content (AvgIpc) is 2.05. The lowest BCUT2D eigenvalue weighted by atomic mass is 10.8. The summed E-state index contributed by atoms with van der Waals surface area (Å²) in [4.78, 5) is 0. The lowest BCUT2D eigenvalue weighted by Crippen LogP contribution is -2.03. The van der Waals surface area contributed by atoms with Gasteiger partial charge in [-0.2, -0.15) is 0 Å². The van der Waals surface area contributed by atoms with Gasteiger partial charge in [-0.1, -0.05) is 0 Å². The normalized spacial score (nSPS) is 11.9. The minimum absolute atomic E-state index is 0.268. The van der Waals surface area contributed by atoms with E-state index in [1.54, 1.807) is 36.3 Å². The van der Waals surface area contributed by atoms with Crippen LogP contribution in [-0.4, -0.2) is 40.6 Å². The molecule has 0 aliphatic heterocycles. The maximum Gasteiger partial charge on any atom is 0.389 e. The number of hydrogen-bond acceptors (Lipinski definition) is 5. The summed E-state index contributed by atoms with van der Waals surface area (Å²) in [5.74, 6) is 0. The minimum Gasteiger partial charge on any atom is -0.382 e. The lowest BCUT2D eigenvalue weighted by molar-refractivity contribution is 0.114. The summed E-state index contributed by atoms with van der Waals surface area (Å²) >= 11 is 1.66. The van der Waals surface area contributed by atoms with E-state index < -0.39 is 5.24 Å². The van der Waals surface area contributed by atoms with Gasteiger partial charge >= 0.3 is 5.24 Å². The molecular formula is C6H14IO5P. The van der Waals surface area contributed by atoms with Gasteiger partial charge in [-0.3, -0.25) is 9.05 Å². The molecule has 0 heterocycles. The highest BCUT2D eigenvalue weighted by atomic mass is 127. The Bertz CT molecular complexity index is 151. The lowest BCUT2D eigenvalue weighted by Gasteiger charge is -2.11. The van der Waals surface area contributed by atoms with E-state index in [1.807, 2.05) is 0 Å². The molecular weight excluding hydrogens is 310 g/mol. The molecule has 0 spiro atoms. The second-order valence-electron chi connectivity index (χ2n) is 2.08. The van der Waals surface area contributed by atoms with Gasteiger partial charge in [-0.25, -0.2) is 4.57 Å². The van der Waals surface area contributed by atoms with Gasteiger partial charge in [0.1, 0.15) is 0 Å². The molecule has 0 aromatic carbocycles. The predicted octanol–water partition coefficient (Wildman–Crippen LogP) is 1.86. The first-order valence-corrected chi connectivity index (χ1v) is 8.02. The summed E-state index contributed by atoms with van der Waals surface area (Å²) in [5.41, 5.74) is 0. The Morgan fingerprint density at radius 2 is 1.38 bits per heavy atom. The first kappa shape index (κ1) is 13.8. The monoisotopic (exact) mass is 324 g/mol. The Balaban J connectivity index is 3.49. The average molecular weight is 324 g/mol. The van der Waals surface area contributed by atoms with Crippen molar-refractivity contribution in [1.82, 2.24) is 0 Å². The van der Waals surface area contributed by atoms with E-state index in [0.29, 0.717) is 13.2 Å². The maximum absolute atomic E-state index is 11.4. The van der Waals surface area contributed by atoms with E-state index in [2.05, 4.69) is 0 Å². The summed E-state index contributed by atoms with van der Waals surface area (Å²) in [6.07, 6.45) is 0. The molecule has 0 atom stereocenters. The third kappa shape index (κ3) is 9.11. The molecule has 0 radical (unpaired) electrons. The van der Waals surface area contributed by atoms with Crippen molar-refractivity contribution >= 4 is 27.3 Å². The second kappa shape index (κ2) is 8.14. The van der Waals surface area contributed by atoms with Gasteiger partial charge in [0, 0.05) is 14.2 Å². The summed E-state index contributed by atoms with van der Waals surface area (Å²) in [7, 11) is 3.10. The van der Waals surface area contributed by atoms with Crippen LogP contribution in [0.25, 0.3) is 0 Å². The van der Waals surface area contributed by atoms with E-state index in [9.17, 15) is 4.57 Å². The standard InChI is InChI=1S/C6H14IO5P/c1-9-3-5-11-13(7,8)12-6-4-10-2/h3-6H2,1-2H3. The van der Waals surface area contributed by atoms with Gasteiger partial charge in [0.15, 0.2) is 0 Å². The van der Waals surface area contributed by atoms with Crippen molar-refractivity contribution in [1.29, 1.82) is 0 Å². The number of rotatable bonds is 8. The van der Waals surface area contributed by atoms with Crippen LogP contribution in [0.2, 0.25) is 0 Å². The zero-order chi connectivity index (χ0) is 10.2. The Morgan fingerprint density at radius 1 is 1.00 bits per heavy atom. The summed E-state index contributed by atoms with van der Waals surface area (Å²) in [6.45, 7) is 1.34. The fraction of sp³-hybridized carbons (Fsp3) is 1.00. The van der Waals surface area contributed by atoms with E-state index in [0.717, 1.165) is 0 Å². The smallest absolute Gasteiger partial charge is 0.382 e. The molecule has 0 amide bonds. The first-order valence-electron chi connectivity index (χ1n) is 3.69. The second-order valence-corrected chi connectivity index (χ2v) is 7.01. The van der Waals surface area contributed by atoms with Gasteiger partial charge in [0.2, 0.25) is 0 Å². The molecule has 0 N–H and O–H groups in total. The van der Waals surface area contributed by atoms with Crippen LogP contribution in [0.5, 0.6) is 0 Å². The number of hydrogen-bond donors (Lipinski definition) is 0. The highest BCUT2D eigenvalue weighted by Gasteiger charge is 2.18. The molecule has 5 nitrogen and oxygen atoms in total. The number of methoxy groups -OCH3 is 2. The van der Waals surface area contributed by atoms with Crippen LogP contribution in [0.3, 0.4) is 0 Å². The van der Waals surface area contributed by atoms with Crippen molar-refractivity contribution in [2.75, 3.05) is 40.6 Å². The summed E-state index contributed by atoms with van der Waals surface area (Å²) in [6, 6.07) is 0. The van der Waals surface area contributed by atoms with Crippen LogP contribution < -0.4 is 0 Å². The Labute approximate surface area is 91.1 Å². The van der Waals surface area contributed by atoms with Crippen molar-refractivity contribution in [3.63, 3.8) is 0 Å². The first-order chi connectivity index (χ1) is 6.12. The van der Waals surface area contributed by atoms with Crippen molar-refractivity contribution in [3.05, 3.63) is 0 Å². The van der Waals surface area contributed by atoms with Crippen molar-refractivity contribution in [2.45, 2.75) is 0 Å². The maximum atomic E-state index is 11.4. The highest BCUT2D eigenvalue weighted by molar-refractivity contribution is 14.2. The molecule has 0 aliphatic carbocycles. The molecule has 0 aliphatic rings. The third-order valence-corrected chi connectivity index (χ3v) is 3.72. The van der Waals surface area contributed by atoms with Crippen LogP contribution >= 0.6 is 27.3 Å².